The normalized spacial score (nSPS) is 10.2. The molecule has 3 N–H and O–H groups in total. The van der Waals surface area contributed by atoms with Crippen molar-refractivity contribution in [2.24, 2.45) is 5.73 Å². The average Bonchev–Trinajstić information content (AvgIpc) is 2.42. The number of hydrogen-bond donors (Lipinski definition) is 2. The second-order valence-corrected chi connectivity index (χ2v) is 7.21. The van der Waals surface area contributed by atoms with Crippen molar-refractivity contribution in [1.29, 1.82) is 0 Å². The van der Waals surface area contributed by atoms with Crippen LogP contribution in [0.5, 0.6) is 0 Å². The predicted octanol–water partition coefficient (Wildman–Crippen LogP) is 4.86. The van der Waals surface area contributed by atoms with Crippen molar-refractivity contribution in [2.45, 2.75) is 0 Å². The Bertz CT molecular complexity index is 711. The van der Waals surface area contributed by atoms with E-state index in [9.17, 15) is 4.79 Å². The van der Waals surface area contributed by atoms with E-state index in [0.717, 1.165) is 13.4 Å². The summed E-state index contributed by atoms with van der Waals surface area (Å²) < 4.78 is 2.43. The van der Waals surface area contributed by atoms with Crippen LogP contribution in [0.3, 0.4) is 0 Å². The lowest BCUT2D eigenvalue weighted by Gasteiger charge is -2.11. The third-order valence-corrected chi connectivity index (χ3v) is 4.60. The fourth-order valence-electron chi connectivity index (χ4n) is 1.66. The Hall–Kier alpha value is -0.760. The zero-order valence-corrected chi connectivity index (χ0v) is 16.1. The summed E-state index contributed by atoms with van der Waals surface area (Å²) in [5.41, 5.74) is 7.38. The highest BCUT2D eigenvalue weighted by Crippen LogP contribution is 2.34. The van der Waals surface area contributed by atoms with Crippen LogP contribution in [0, 0.1) is 0 Å². The molecule has 2 aromatic rings. The molecule has 0 radical (unpaired) electrons. The van der Waals surface area contributed by atoms with Crippen molar-refractivity contribution in [3.8, 4) is 0 Å². The molecule has 0 spiro atoms. The van der Waals surface area contributed by atoms with E-state index in [4.69, 9.17) is 18.0 Å². The largest absolute Gasteiger partial charge is 0.389 e. The van der Waals surface area contributed by atoms with E-state index >= 15 is 0 Å². The minimum atomic E-state index is -0.239. The summed E-state index contributed by atoms with van der Waals surface area (Å²) in [6, 6.07) is 10.6. The molecule has 3 nitrogen and oxygen atoms in total. The molecule has 0 atom stereocenters. The maximum atomic E-state index is 12.3. The summed E-state index contributed by atoms with van der Waals surface area (Å²) in [5, 5.41) is 2.85. The Morgan fingerprint density at radius 3 is 2.19 bits per heavy atom. The zero-order chi connectivity index (χ0) is 15.6. The van der Waals surface area contributed by atoms with E-state index in [1.807, 2.05) is 12.1 Å². The highest BCUT2D eigenvalue weighted by molar-refractivity contribution is 9.11. The molecule has 0 aliphatic heterocycles. The van der Waals surface area contributed by atoms with E-state index < -0.39 is 0 Å². The van der Waals surface area contributed by atoms with E-state index in [2.05, 4.69) is 53.1 Å². The van der Waals surface area contributed by atoms with Gasteiger partial charge in [-0.1, -0.05) is 40.3 Å². The molecule has 0 aromatic heterocycles. The van der Waals surface area contributed by atoms with Crippen LogP contribution < -0.4 is 11.1 Å². The number of carbonyl (C=O) groups excluding carboxylic acids is 1. The van der Waals surface area contributed by atoms with Crippen molar-refractivity contribution in [1.82, 2.24) is 0 Å². The van der Waals surface area contributed by atoms with Crippen molar-refractivity contribution in [3.63, 3.8) is 0 Å². The Balaban J connectivity index is 2.30. The average molecular weight is 493 g/mol. The molecule has 0 bridgehead atoms. The molecule has 2 rings (SSSR count). The number of benzene rings is 2. The smallest absolute Gasteiger partial charge is 0.255 e. The molecule has 0 heterocycles. The van der Waals surface area contributed by atoms with Crippen LogP contribution >= 0.6 is 60.0 Å². The number of hydrogen-bond acceptors (Lipinski definition) is 2. The van der Waals surface area contributed by atoms with E-state index in [0.29, 0.717) is 16.8 Å². The first-order valence-electron chi connectivity index (χ1n) is 5.74. The molecule has 0 saturated carbocycles. The summed E-state index contributed by atoms with van der Waals surface area (Å²) in [6.45, 7) is 0. The first-order valence-corrected chi connectivity index (χ1v) is 8.53. The van der Waals surface area contributed by atoms with Gasteiger partial charge < -0.3 is 11.1 Å². The Kier molecular flexibility index (Phi) is 5.54. The van der Waals surface area contributed by atoms with Gasteiger partial charge in [0.15, 0.2) is 0 Å². The lowest BCUT2D eigenvalue weighted by molar-refractivity contribution is 0.102. The van der Waals surface area contributed by atoms with Gasteiger partial charge in [-0.05, 0) is 56.1 Å². The highest BCUT2D eigenvalue weighted by Gasteiger charge is 2.13. The molecule has 2 aromatic carbocycles. The minimum Gasteiger partial charge on any atom is -0.389 e. The van der Waals surface area contributed by atoms with Gasteiger partial charge in [-0.15, -0.1) is 0 Å². The van der Waals surface area contributed by atoms with E-state index in [-0.39, 0.29) is 10.9 Å². The molecular weight excluding hydrogens is 484 g/mol. The first-order chi connectivity index (χ1) is 9.88. The van der Waals surface area contributed by atoms with Crippen LogP contribution in [0.25, 0.3) is 0 Å². The number of rotatable bonds is 3. The van der Waals surface area contributed by atoms with Crippen LogP contribution in [-0.4, -0.2) is 10.9 Å². The quantitative estimate of drug-likeness (QED) is 0.602. The second-order valence-electron chi connectivity index (χ2n) is 4.14. The van der Waals surface area contributed by atoms with Crippen LogP contribution in [0.2, 0.25) is 0 Å². The Labute approximate surface area is 152 Å². The number of thiocarbonyl (C=S) groups is 1. The monoisotopic (exact) mass is 490 g/mol. The van der Waals surface area contributed by atoms with Crippen LogP contribution in [0.15, 0.2) is 49.8 Å². The molecule has 21 heavy (non-hydrogen) atoms. The molecule has 1 amide bonds. The van der Waals surface area contributed by atoms with Crippen LogP contribution in [0.4, 0.5) is 5.69 Å². The molecular formula is C14H9Br3N2OS. The predicted molar refractivity (Wildman–Crippen MR) is 99.8 cm³/mol. The molecule has 0 aliphatic rings. The molecule has 7 heteroatoms. The number of halogens is 3. The summed E-state index contributed by atoms with van der Waals surface area (Å²) in [5.74, 6) is -0.239. The van der Waals surface area contributed by atoms with Gasteiger partial charge >= 0.3 is 0 Å². The van der Waals surface area contributed by atoms with Gasteiger partial charge in [0.25, 0.3) is 5.91 Å². The van der Waals surface area contributed by atoms with E-state index in [1.54, 1.807) is 24.3 Å². The lowest BCUT2D eigenvalue weighted by atomic mass is 10.1. The number of nitrogens with two attached hydrogens (primary N) is 1. The minimum absolute atomic E-state index is 0.239. The third kappa shape index (κ3) is 4.12. The van der Waals surface area contributed by atoms with Gasteiger partial charge in [0.1, 0.15) is 4.99 Å². The Morgan fingerprint density at radius 1 is 1.05 bits per heavy atom. The molecule has 0 saturated heterocycles. The maximum Gasteiger partial charge on any atom is 0.255 e. The fraction of sp³-hybridized carbons (Fsp3) is 0. The molecule has 0 fully saturated rings. The summed E-state index contributed by atoms with van der Waals surface area (Å²) >= 11 is 15.1. The first kappa shape index (κ1) is 16.6. The van der Waals surface area contributed by atoms with Crippen molar-refractivity contribution in [2.75, 3.05) is 5.32 Å². The van der Waals surface area contributed by atoms with Crippen LogP contribution in [-0.2, 0) is 0 Å². The van der Waals surface area contributed by atoms with E-state index in [1.165, 1.54) is 0 Å². The van der Waals surface area contributed by atoms with Gasteiger partial charge in [0.2, 0.25) is 0 Å². The van der Waals surface area contributed by atoms with Crippen molar-refractivity contribution in [3.05, 3.63) is 60.9 Å². The maximum absolute atomic E-state index is 12.3. The number of amides is 1. The van der Waals surface area contributed by atoms with Crippen molar-refractivity contribution < 1.29 is 4.79 Å². The lowest BCUT2D eigenvalue weighted by Crippen LogP contribution is -2.15. The van der Waals surface area contributed by atoms with Gasteiger partial charge in [0.05, 0.1) is 5.69 Å². The molecule has 108 valence electrons. The topological polar surface area (TPSA) is 55.1 Å². The summed E-state index contributed by atoms with van der Waals surface area (Å²) in [4.78, 5) is 12.6. The fourth-order valence-corrected chi connectivity index (χ4v) is 4.24. The number of carbonyl (C=O) groups is 1. The summed E-state index contributed by atoms with van der Waals surface area (Å²) in [6.07, 6.45) is 0. The van der Waals surface area contributed by atoms with Crippen LogP contribution in [0.1, 0.15) is 15.9 Å². The number of anilines is 1. The SMILES string of the molecule is NC(=S)c1cccc(C(=O)Nc2c(Br)cc(Br)cc2Br)c1. The zero-order valence-electron chi connectivity index (χ0n) is 10.5. The highest BCUT2D eigenvalue weighted by atomic mass is 79.9. The van der Waals surface area contributed by atoms with Gasteiger partial charge in [0, 0.05) is 24.5 Å². The Morgan fingerprint density at radius 2 is 1.62 bits per heavy atom. The second kappa shape index (κ2) is 7.00. The van der Waals surface area contributed by atoms with Gasteiger partial charge in [-0.2, -0.15) is 0 Å². The molecule has 0 aliphatic carbocycles. The summed E-state index contributed by atoms with van der Waals surface area (Å²) in [7, 11) is 0. The van der Waals surface area contributed by atoms with Gasteiger partial charge in [-0.3, -0.25) is 4.79 Å². The van der Waals surface area contributed by atoms with Gasteiger partial charge in [-0.25, -0.2) is 0 Å². The number of nitrogens with one attached hydrogen (secondary N) is 1. The van der Waals surface area contributed by atoms with Crippen molar-refractivity contribution >= 4 is 76.6 Å². The molecule has 0 unspecified atom stereocenters. The standard InChI is InChI=1S/C14H9Br3N2OS/c15-9-5-10(16)12(11(17)6-9)19-14(20)8-3-1-2-7(4-8)13(18)21/h1-6H,(H2,18,21)(H,19,20). The third-order valence-electron chi connectivity index (χ3n) is 2.65.